The molecule has 4 heteroatoms. The third kappa shape index (κ3) is 3.45. The Morgan fingerprint density at radius 3 is 2.83 bits per heavy atom. The van der Waals surface area contributed by atoms with Crippen LogP contribution in [0, 0.1) is 0 Å². The Labute approximate surface area is 168 Å². The number of ether oxygens (including phenoxy) is 2. The van der Waals surface area contributed by atoms with E-state index in [1.165, 1.54) is 0 Å². The molecule has 1 atom stereocenters. The maximum absolute atomic E-state index is 12.9. The number of ketones is 1. The van der Waals surface area contributed by atoms with Crippen molar-refractivity contribution in [2.45, 2.75) is 12.3 Å². The molecule has 4 nitrogen and oxygen atoms in total. The average molecular weight is 381 g/mol. The zero-order valence-electron chi connectivity index (χ0n) is 15.7. The molecule has 0 N–H and O–H groups in total. The van der Waals surface area contributed by atoms with Crippen LogP contribution in [0.2, 0.25) is 0 Å². The standard InChI is InChI=1S/C25H19NO3/c27-23(15-18-16-28-24-11-4-2-8-20(18)24)17-6-5-7-19(14-17)29-25-12-13-26-22-10-3-1-9-21(22)25/h1-14,18H,15-16H2. The first-order chi connectivity index (χ1) is 14.3. The first kappa shape index (κ1) is 17.4. The molecule has 0 saturated heterocycles. The van der Waals surface area contributed by atoms with Crippen LogP contribution in [0.25, 0.3) is 10.9 Å². The van der Waals surface area contributed by atoms with Crippen molar-refractivity contribution < 1.29 is 14.3 Å². The van der Waals surface area contributed by atoms with Crippen LogP contribution in [-0.2, 0) is 0 Å². The highest BCUT2D eigenvalue weighted by Gasteiger charge is 2.26. The van der Waals surface area contributed by atoms with Gasteiger partial charge in [-0.3, -0.25) is 9.78 Å². The molecule has 0 aliphatic carbocycles. The van der Waals surface area contributed by atoms with Crippen LogP contribution < -0.4 is 9.47 Å². The topological polar surface area (TPSA) is 48.4 Å². The van der Waals surface area contributed by atoms with Crippen molar-refractivity contribution in [3.05, 3.63) is 96.2 Å². The summed E-state index contributed by atoms with van der Waals surface area (Å²) in [5.41, 5.74) is 2.62. The Morgan fingerprint density at radius 2 is 1.86 bits per heavy atom. The lowest BCUT2D eigenvalue weighted by Crippen LogP contribution is -2.09. The van der Waals surface area contributed by atoms with Gasteiger partial charge in [0.05, 0.1) is 12.1 Å². The second kappa shape index (κ2) is 7.40. The predicted octanol–water partition coefficient (Wildman–Crippen LogP) is 5.78. The minimum absolute atomic E-state index is 0.0836. The smallest absolute Gasteiger partial charge is 0.163 e. The van der Waals surface area contributed by atoms with Crippen LogP contribution in [0.15, 0.2) is 85.1 Å². The van der Waals surface area contributed by atoms with E-state index in [-0.39, 0.29) is 11.7 Å². The number of fused-ring (bicyclic) bond motifs is 2. The molecule has 0 spiro atoms. The summed E-state index contributed by atoms with van der Waals surface area (Å²) in [6.07, 6.45) is 2.14. The van der Waals surface area contributed by atoms with E-state index in [1.807, 2.05) is 72.8 Å². The number of Topliss-reactive ketones (excluding diaryl/α,β-unsaturated/α-hetero) is 1. The molecule has 5 rings (SSSR count). The van der Waals surface area contributed by atoms with E-state index in [4.69, 9.17) is 9.47 Å². The molecular weight excluding hydrogens is 362 g/mol. The number of pyridine rings is 1. The zero-order chi connectivity index (χ0) is 19.6. The Kier molecular flexibility index (Phi) is 4.45. The third-order valence-corrected chi connectivity index (χ3v) is 5.22. The van der Waals surface area contributed by atoms with Crippen LogP contribution >= 0.6 is 0 Å². The molecule has 4 aromatic rings. The van der Waals surface area contributed by atoms with Crippen LogP contribution in [0.4, 0.5) is 0 Å². The molecule has 1 aliphatic heterocycles. The minimum Gasteiger partial charge on any atom is -0.493 e. The van der Waals surface area contributed by atoms with Gasteiger partial charge >= 0.3 is 0 Å². The van der Waals surface area contributed by atoms with E-state index in [2.05, 4.69) is 4.98 Å². The third-order valence-electron chi connectivity index (χ3n) is 5.22. The fourth-order valence-electron chi connectivity index (χ4n) is 3.76. The summed E-state index contributed by atoms with van der Waals surface area (Å²) < 4.78 is 11.8. The van der Waals surface area contributed by atoms with Crippen molar-refractivity contribution in [2.75, 3.05) is 6.61 Å². The lowest BCUT2D eigenvalue weighted by atomic mass is 9.93. The summed E-state index contributed by atoms with van der Waals surface area (Å²) in [7, 11) is 0. The van der Waals surface area contributed by atoms with Crippen molar-refractivity contribution in [2.24, 2.45) is 0 Å². The van der Waals surface area contributed by atoms with Crippen molar-refractivity contribution in [3.63, 3.8) is 0 Å². The van der Waals surface area contributed by atoms with E-state index >= 15 is 0 Å². The van der Waals surface area contributed by atoms with E-state index in [0.717, 1.165) is 28.0 Å². The molecule has 29 heavy (non-hydrogen) atoms. The van der Waals surface area contributed by atoms with Crippen LogP contribution in [-0.4, -0.2) is 17.4 Å². The number of carbonyl (C=O) groups excluding carboxylic acids is 1. The van der Waals surface area contributed by atoms with E-state index in [1.54, 1.807) is 12.3 Å². The molecule has 142 valence electrons. The summed E-state index contributed by atoms with van der Waals surface area (Å²) in [6, 6.07) is 24.9. The fraction of sp³-hybridized carbons (Fsp3) is 0.120. The number of aromatic nitrogens is 1. The van der Waals surface area contributed by atoms with Gasteiger partial charge < -0.3 is 9.47 Å². The second-order valence-electron chi connectivity index (χ2n) is 7.13. The quantitative estimate of drug-likeness (QED) is 0.411. The van der Waals surface area contributed by atoms with Gasteiger partial charge in [-0.05, 0) is 36.4 Å². The van der Waals surface area contributed by atoms with Crippen LogP contribution in [0.5, 0.6) is 17.2 Å². The summed E-state index contributed by atoms with van der Waals surface area (Å²) in [4.78, 5) is 17.3. The molecule has 0 radical (unpaired) electrons. The van der Waals surface area contributed by atoms with Gasteiger partial charge in [0, 0.05) is 35.0 Å². The van der Waals surface area contributed by atoms with Gasteiger partial charge in [-0.25, -0.2) is 0 Å². The van der Waals surface area contributed by atoms with Crippen LogP contribution in [0.3, 0.4) is 0 Å². The average Bonchev–Trinajstić information content (AvgIpc) is 3.17. The van der Waals surface area contributed by atoms with Gasteiger partial charge in [-0.15, -0.1) is 0 Å². The summed E-state index contributed by atoms with van der Waals surface area (Å²) >= 11 is 0. The van der Waals surface area contributed by atoms with Crippen molar-refractivity contribution >= 4 is 16.7 Å². The first-order valence-electron chi connectivity index (χ1n) is 9.64. The number of hydrogen-bond donors (Lipinski definition) is 0. The number of nitrogens with zero attached hydrogens (tertiary/aromatic N) is 1. The predicted molar refractivity (Wildman–Crippen MR) is 112 cm³/mol. The van der Waals surface area contributed by atoms with Gasteiger partial charge in [0.1, 0.15) is 17.2 Å². The number of rotatable bonds is 5. The van der Waals surface area contributed by atoms with E-state index < -0.39 is 0 Å². The van der Waals surface area contributed by atoms with Gasteiger partial charge in [0.25, 0.3) is 0 Å². The monoisotopic (exact) mass is 381 g/mol. The van der Waals surface area contributed by atoms with Gasteiger partial charge in [-0.1, -0.05) is 42.5 Å². The minimum atomic E-state index is 0.0836. The molecule has 0 bridgehead atoms. The Balaban J connectivity index is 1.36. The fourth-order valence-corrected chi connectivity index (χ4v) is 3.76. The lowest BCUT2D eigenvalue weighted by molar-refractivity contribution is 0.0969. The molecule has 0 saturated carbocycles. The molecule has 0 fully saturated rings. The number of para-hydroxylation sites is 2. The second-order valence-corrected chi connectivity index (χ2v) is 7.13. The highest BCUT2D eigenvalue weighted by molar-refractivity contribution is 5.97. The molecule has 2 heterocycles. The maximum atomic E-state index is 12.9. The molecule has 1 unspecified atom stereocenters. The summed E-state index contributed by atoms with van der Waals surface area (Å²) in [5.74, 6) is 2.41. The summed E-state index contributed by atoms with van der Waals surface area (Å²) in [6.45, 7) is 0.546. The Bertz CT molecular complexity index is 1200. The lowest BCUT2D eigenvalue weighted by Gasteiger charge is -2.11. The number of hydrogen-bond acceptors (Lipinski definition) is 4. The SMILES string of the molecule is O=C(CC1COc2ccccc21)c1cccc(Oc2ccnc3ccccc23)c1. The van der Waals surface area contributed by atoms with Gasteiger partial charge in [0.15, 0.2) is 5.78 Å². The molecule has 3 aromatic carbocycles. The Morgan fingerprint density at radius 1 is 1.00 bits per heavy atom. The first-order valence-corrected chi connectivity index (χ1v) is 9.64. The van der Waals surface area contributed by atoms with Crippen molar-refractivity contribution in [1.29, 1.82) is 0 Å². The highest BCUT2D eigenvalue weighted by Crippen LogP contribution is 2.36. The molecule has 1 aliphatic rings. The van der Waals surface area contributed by atoms with Crippen LogP contribution in [0.1, 0.15) is 28.3 Å². The maximum Gasteiger partial charge on any atom is 0.163 e. The van der Waals surface area contributed by atoms with Crippen molar-refractivity contribution in [3.8, 4) is 17.2 Å². The summed E-state index contributed by atoms with van der Waals surface area (Å²) in [5, 5.41) is 0.937. The number of benzene rings is 3. The molecule has 1 aromatic heterocycles. The van der Waals surface area contributed by atoms with Gasteiger partial charge in [0.2, 0.25) is 0 Å². The normalized spacial score (nSPS) is 15.0. The molecule has 0 amide bonds. The van der Waals surface area contributed by atoms with E-state index in [0.29, 0.717) is 24.3 Å². The number of carbonyl (C=O) groups is 1. The highest BCUT2D eigenvalue weighted by atomic mass is 16.5. The Hall–Kier alpha value is -3.66. The zero-order valence-corrected chi connectivity index (χ0v) is 15.7. The largest absolute Gasteiger partial charge is 0.493 e. The van der Waals surface area contributed by atoms with Crippen molar-refractivity contribution in [1.82, 2.24) is 4.98 Å². The molecular formula is C25H19NO3. The van der Waals surface area contributed by atoms with E-state index in [9.17, 15) is 4.79 Å². The van der Waals surface area contributed by atoms with Gasteiger partial charge in [-0.2, -0.15) is 0 Å².